The number of nitrogen functional groups attached to an aromatic ring is 2. The first-order chi connectivity index (χ1) is 30.8. The van der Waals surface area contributed by atoms with E-state index in [0.717, 1.165) is 43.1 Å². The predicted octanol–water partition coefficient (Wildman–Crippen LogP) is 11.5. The van der Waals surface area contributed by atoms with Gasteiger partial charge in [-0.1, -0.05) is 78.4 Å². The van der Waals surface area contributed by atoms with Crippen LogP contribution in [-0.4, -0.2) is 32.0 Å². The van der Waals surface area contributed by atoms with Crippen LogP contribution in [0.1, 0.15) is 70.8 Å². The molecule has 65 heavy (non-hydrogen) atoms. The zero-order chi connectivity index (χ0) is 47.1. The fourth-order valence-electron chi connectivity index (χ4n) is 6.70. The van der Waals surface area contributed by atoms with Crippen molar-refractivity contribution in [3.05, 3.63) is 186 Å². The number of aromatic amines is 2. The smallest absolute Gasteiger partial charge is 0.382 e. The van der Waals surface area contributed by atoms with Crippen molar-refractivity contribution in [1.29, 1.82) is 0 Å². The number of Topliss-reactive ketones (excluding diaryl/α,β-unsaturated/α-hetero) is 2. The number of halogens is 7. The second kappa shape index (κ2) is 20.0. The molecule has 2 aromatic heterocycles. The summed E-state index contributed by atoms with van der Waals surface area (Å²) in [7, 11) is 0. The van der Waals surface area contributed by atoms with Gasteiger partial charge in [0.15, 0.2) is 23.2 Å². The molecule has 2 heterocycles. The number of H-pyrrole nitrogens is 2. The summed E-state index contributed by atoms with van der Waals surface area (Å²) in [6.45, 7) is 2.74. The number of rotatable bonds is 6. The summed E-state index contributed by atoms with van der Waals surface area (Å²) in [5.41, 5.74) is 15.4. The molecule has 8 rings (SSSR count). The minimum atomic E-state index is -4.50. The maximum absolute atomic E-state index is 13.2. The number of benzene rings is 6. The van der Waals surface area contributed by atoms with Crippen LogP contribution in [0.4, 0.5) is 38.0 Å². The average Bonchev–Trinajstić information content (AvgIpc) is 3.85. The molecule has 0 aliphatic rings. The van der Waals surface area contributed by atoms with Gasteiger partial charge < -0.3 is 11.5 Å². The Kier molecular flexibility index (Phi) is 14.5. The third-order valence-corrected chi connectivity index (χ3v) is 10.9. The lowest BCUT2D eigenvalue weighted by atomic mass is 9.98. The molecule has 0 bridgehead atoms. The van der Waals surface area contributed by atoms with Crippen molar-refractivity contribution in [3.63, 3.8) is 0 Å². The number of hydrogen-bond donors (Lipinski definition) is 4. The fraction of sp³-hybridized carbons (Fsp3) is 0.120. The minimum Gasteiger partial charge on any atom is -0.382 e. The van der Waals surface area contributed by atoms with Gasteiger partial charge in [0.2, 0.25) is 0 Å². The average molecular weight is 995 g/mol. The highest BCUT2D eigenvalue weighted by molar-refractivity contribution is 14.1. The summed E-state index contributed by atoms with van der Waals surface area (Å²) < 4.78 is 79.3. The van der Waals surface area contributed by atoms with Gasteiger partial charge in [0.25, 0.3) is 0 Å². The molecule has 0 saturated heterocycles. The summed E-state index contributed by atoms with van der Waals surface area (Å²) in [5.74, 6) is 8.75. The molecule has 0 spiro atoms. The van der Waals surface area contributed by atoms with Gasteiger partial charge in [0, 0.05) is 44.2 Å². The molecule has 6 aromatic carbocycles. The normalized spacial score (nSPS) is 11.1. The molecule has 0 radical (unpaired) electrons. The molecular formula is C50H37F6IN6O2. The van der Waals surface area contributed by atoms with Gasteiger partial charge in [0.05, 0.1) is 32.9 Å². The highest BCUT2D eigenvalue weighted by Crippen LogP contribution is 2.34. The van der Waals surface area contributed by atoms with E-state index in [-0.39, 0.29) is 40.9 Å². The van der Waals surface area contributed by atoms with Gasteiger partial charge in [-0.05, 0) is 119 Å². The van der Waals surface area contributed by atoms with Crippen molar-refractivity contribution >= 4 is 67.6 Å². The van der Waals surface area contributed by atoms with Crippen LogP contribution in [0.25, 0.3) is 21.8 Å². The number of nitrogens with zero attached hydrogens (tertiary/aromatic N) is 2. The highest BCUT2D eigenvalue weighted by atomic mass is 127. The third kappa shape index (κ3) is 11.8. The first-order valence-electron chi connectivity index (χ1n) is 19.5. The molecule has 0 atom stereocenters. The Morgan fingerprint density at radius 2 is 1.08 bits per heavy atom. The quantitative estimate of drug-likeness (QED) is 0.0565. The number of aryl methyl sites for hydroxylation is 2. The van der Waals surface area contributed by atoms with Crippen molar-refractivity contribution in [2.75, 3.05) is 11.5 Å². The van der Waals surface area contributed by atoms with Crippen LogP contribution in [0.15, 0.2) is 121 Å². The zero-order valence-corrected chi connectivity index (χ0v) is 36.7. The Morgan fingerprint density at radius 3 is 1.58 bits per heavy atom. The first kappa shape index (κ1) is 47.1. The molecule has 6 N–H and O–H groups in total. The third-order valence-electron chi connectivity index (χ3n) is 10.0. The molecule has 0 fully saturated rings. The second-order valence-corrected chi connectivity index (χ2v) is 15.8. The fourth-order valence-corrected chi connectivity index (χ4v) is 7.48. The summed E-state index contributed by atoms with van der Waals surface area (Å²) >= 11 is 2.24. The van der Waals surface area contributed by atoms with E-state index in [2.05, 4.69) is 60.7 Å². The van der Waals surface area contributed by atoms with E-state index >= 15 is 0 Å². The van der Waals surface area contributed by atoms with Crippen LogP contribution in [0.2, 0.25) is 0 Å². The summed E-state index contributed by atoms with van der Waals surface area (Å²) in [6, 6.07) is 32.7. The van der Waals surface area contributed by atoms with Crippen LogP contribution >= 0.6 is 22.6 Å². The minimum absolute atomic E-state index is 0.00980. The predicted molar refractivity (Wildman–Crippen MR) is 249 cm³/mol. The summed E-state index contributed by atoms with van der Waals surface area (Å²) in [6.07, 6.45) is -3.70. The van der Waals surface area contributed by atoms with E-state index in [9.17, 15) is 35.9 Å². The number of alkyl halides is 6. The molecule has 15 heteroatoms. The number of hydrogen-bond acceptors (Lipinski definition) is 6. The lowest BCUT2D eigenvalue weighted by Gasteiger charge is -2.11. The number of aromatic nitrogens is 4. The van der Waals surface area contributed by atoms with Crippen molar-refractivity contribution in [1.82, 2.24) is 20.4 Å². The number of terminal acetylenes is 1. The van der Waals surface area contributed by atoms with Gasteiger partial charge in [0.1, 0.15) is 0 Å². The molecule has 0 aliphatic heterocycles. The molecular weight excluding hydrogens is 957 g/mol. The Morgan fingerprint density at radius 1 is 0.615 bits per heavy atom. The number of fused-ring (bicyclic) bond motifs is 2. The molecule has 8 aromatic rings. The van der Waals surface area contributed by atoms with Crippen molar-refractivity contribution in [2.24, 2.45) is 0 Å². The largest absolute Gasteiger partial charge is 0.416 e. The lowest BCUT2D eigenvalue weighted by molar-refractivity contribution is -0.138. The number of anilines is 2. The number of carbonyl (C=O) groups excluding carboxylic acids is 2. The number of nitrogens with one attached hydrogen (secondary N) is 2. The van der Waals surface area contributed by atoms with Gasteiger partial charge in [-0.2, -0.15) is 36.5 Å². The lowest BCUT2D eigenvalue weighted by Crippen LogP contribution is -2.11. The van der Waals surface area contributed by atoms with Crippen molar-refractivity contribution in [2.45, 2.75) is 39.0 Å². The SMILES string of the molecule is C#Cc1cccc(CC(=O)c2ccc(C)c(C(F)(F)F)c2)c1.Cc1ccc(C(=O)Cc2cccc(C#Cc3cccc4[nH]nc(N)c34)c2)cc1C(F)(F)F.Nc1n[nH]c2cccc(I)c12. The second-order valence-electron chi connectivity index (χ2n) is 14.7. The molecule has 8 nitrogen and oxygen atoms in total. The van der Waals surface area contributed by atoms with Crippen LogP contribution < -0.4 is 11.5 Å². The number of carbonyl (C=O) groups is 2. The zero-order valence-electron chi connectivity index (χ0n) is 34.5. The van der Waals surface area contributed by atoms with E-state index in [1.54, 1.807) is 48.5 Å². The topological polar surface area (TPSA) is 144 Å². The Hall–Kier alpha value is -7.37. The van der Waals surface area contributed by atoms with Crippen molar-refractivity contribution < 1.29 is 35.9 Å². The maximum atomic E-state index is 13.2. The summed E-state index contributed by atoms with van der Waals surface area (Å²) in [5, 5.41) is 15.3. The Balaban J connectivity index is 0.000000182. The molecule has 0 aliphatic carbocycles. The van der Waals surface area contributed by atoms with E-state index in [0.29, 0.717) is 33.9 Å². The number of nitrogens with two attached hydrogens (primary N) is 2. The Labute approximate surface area is 383 Å². The van der Waals surface area contributed by atoms with Gasteiger partial charge in [-0.25, -0.2) is 0 Å². The van der Waals surface area contributed by atoms with E-state index in [4.69, 9.17) is 17.9 Å². The van der Waals surface area contributed by atoms with Crippen LogP contribution in [0.3, 0.4) is 0 Å². The van der Waals surface area contributed by atoms with E-state index < -0.39 is 29.3 Å². The monoisotopic (exact) mass is 994 g/mol. The van der Waals surface area contributed by atoms with E-state index in [1.807, 2.05) is 36.4 Å². The number of ketones is 2. The molecule has 0 unspecified atom stereocenters. The standard InChI is InChI=1S/C25H18F3N3O.C18H13F3O.C7H6IN3/c1-15-8-10-19(14-20(15)25(26,27)28)22(32)13-17-5-2-4-16(12-17)9-11-18-6-3-7-21-23(18)24(29)31-30-21;1-3-13-5-4-6-14(9-13)10-17(22)15-8-7-12(2)16(11-15)18(19,20)21;8-4-2-1-3-5-6(4)7(9)11-10-5/h2-8,10,12,14H,13H2,1H3,(H3,29,30,31);1,4-9,11H,10H2,2H3;1-3H,(H3,9,10,11). The highest BCUT2D eigenvalue weighted by Gasteiger charge is 2.34. The molecule has 0 amide bonds. The van der Waals surface area contributed by atoms with Crippen LogP contribution in [0.5, 0.6) is 0 Å². The van der Waals surface area contributed by atoms with Crippen molar-refractivity contribution in [3.8, 4) is 24.2 Å². The Bertz CT molecular complexity index is 3170. The summed E-state index contributed by atoms with van der Waals surface area (Å²) in [4.78, 5) is 24.8. The van der Waals surface area contributed by atoms with Gasteiger partial charge in [-0.3, -0.25) is 19.8 Å². The van der Waals surface area contributed by atoms with E-state index in [1.165, 1.54) is 38.1 Å². The maximum Gasteiger partial charge on any atom is 0.416 e. The molecule has 0 saturated carbocycles. The van der Waals surface area contributed by atoms with Crippen LogP contribution in [0, 0.1) is 41.6 Å². The van der Waals surface area contributed by atoms with Gasteiger partial charge in [-0.15, -0.1) is 6.42 Å². The van der Waals surface area contributed by atoms with Crippen LogP contribution in [-0.2, 0) is 25.2 Å². The molecule has 328 valence electrons. The van der Waals surface area contributed by atoms with Gasteiger partial charge >= 0.3 is 12.4 Å². The first-order valence-corrected chi connectivity index (χ1v) is 20.6.